The first kappa shape index (κ1) is 56.9. The molecule has 22 nitrogen and oxygen atoms in total. The number of ether oxygens (including phenoxy) is 3. The molecule has 5 aromatic rings. The van der Waals surface area contributed by atoms with Crippen molar-refractivity contribution in [1.29, 1.82) is 0 Å². The third-order valence-electron chi connectivity index (χ3n) is 9.59. The van der Waals surface area contributed by atoms with Crippen LogP contribution in [0.15, 0.2) is 91.0 Å². The summed E-state index contributed by atoms with van der Waals surface area (Å²) < 4.78 is 42.2. The van der Waals surface area contributed by atoms with Crippen molar-refractivity contribution in [2.24, 2.45) is 5.73 Å². The Bertz CT molecular complexity index is 2470. The maximum atomic E-state index is 13.1. The van der Waals surface area contributed by atoms with Crippen molar-refractivity contribution >= 4 is 34.7 Å². The third kappa shape index (κ3) is 20.0. The molecule has 70 heavy (non-hydrogen) atoms. The van der Waals surface area contributed by atoms with Crippen molar-refractivity contribution in [3.63, 3.8) is 0 Å². The standard InChI is InChI=1S/C10H14N2O.C9H11FN2O3.C9H10N2O3.C9H12N2O.C7H4FNO3.C2H7NO/c1-12-4-5-13-10-3-2-9(11)6-8(10)7-12;10-9-2-1-8(12(14)15)5-7(9)6-11-3-4-13;12-11(13)8-1-2-9-7(5-8)6-10-3-4-14-9;10-8-1-2-9-7(5-8)6-11-3-4-12-9;8-7-2-1-6(9(11)12)3-5(7)4-10;3-1-2-4/h2-3,6H,4-5,7,11H2,1H3;1-2,5,11,13H,3-4,6H2;1-2,5,10H,3-4,6H2;1-2,5,11H,3-4,6,10H2;1-4H;4H,1-3H2. The van der Waals surface area contributed by atoms with E-state index in [9.17, 15) is 43.9 Å². The number of nitro groups is 3. The number of likely N-dealkylation sites (N-methyl/N-ethyl adjacent to an activating group) is 1. The quantitative estimate of drug-likeness (QED) is 0.0337. The fourth-order valence-corrected chi connectivity index (χ4v) is 6.14. The van der Waals surface area contributed by atoms with Crippen LogP contribution in [0, 0.1) is 42.0 Å². The normalized spacial score (nSPS) is 13.2. The molecule has 24 heteroatoms. The van der Waals surface area contributed by atoms with Crippen molar-refractivity contribution in [3.05, 3.63) is 161 Å². The van der Waals surface area contributed by atoms with Gasteiger partial charge in [0.1, 0.15) is 48.7 Å². The average molecular weight is 981 g/mol. The second-order valence-corrected chi connectivity index (χ2v) is 14.9. The fourth-order valence-electron chi connectivity index (χ4n) is 6.14. The molecule has 0 saturated heterocycles. The number of carbonyl (C=O) groups is 1. The van der Waals surface area contributed by atoms with E-state index in [4.69, 9.17) is 41.6 Å². The molecule has 0 fully saturated rings. The summed E-state index contributed by atoms with van der Waals surface area (Å²) in [5.41, 5.74) is 20.5. The van der Waals surface area contributed by atoms with Crippen LogP contribution in [0.1, 0.15) is 32.6 Å². The minimum Gasteiger partial charge on any atom is -0.492 e. The Morgan fingerprint density at radius 3 is 1.70 bits per heavy atom. The van der Waals surface area contributed by atoms with E-state index < -0.39 is 26.4 Å². The number of nitrogen functional groups attached to an aromatic ring is 2. The molecule has 8 rings (SSSR count). The number of benzene rings is 5. The molecule has 378 valence electrons. The summed E-state index contributed by atoms with van der Waals surface area (Å²) in [4.78, 5) is 41.8. The second-order valence-electron chi connectivity index (χ2n) is 14.9. The smallest absolute Gasteiger partial charge is 0.270 e. The van der Waals surface area contributed by atoms with E-state index in [2.05, 4.69) is 27.9 Å². The third-order valence-corrected chi connectivity index (χ3v) is 9.59. The Hall–Kier alpha value is -7.45. The molecule has 3 aliphatic rings. The van der Waals surface area contributed by atoms with E-state index in [1.807, 2.05) is 36.4 Å². The van der Waals surface area contributed by atoms with Crippen molar-refractivity contribution in [3.8, 4) is 17.2 Å². The number of non-ortho nitro benzene ring substituents is 3. The molecule has 0 unspecified atom stereocenters. The van der Waals surface area contributed by atoms with Crippen molar-refractivity contribution in [2.75, 3.05) is 84.3 Å². The van der Waals surface area contributed by atoms with Crippen LogP contribution in [0.2, 0.25) is 0 Å². The van der Waals surface area contributed by atoms with Gasteiger partial charge >= 0.3 is 0 Å². The van der Waals surface area contributed by atoms with Crippen LogP contribution in [-0.2, 0) is 26.2 Å². The lowest BCUT2D eigenvalue weighted by Gasteiger charge is -2.11. The first-order valence-corrected chi connectivity index (χ1v) is 21.6. The number of nitrogens with two attached hydrogens (primary N) is 3. The molecule has 0 aromatic heterocycles. The highest BCUT2D eigenvalue weighted by Gasteiger charge is 2.15. The summed E-state index contributed by atoms with van der Waals surface area (Å²) >= 11 is 0. The zero-order valence-electron chi connectivity index (χ0n) is 38.4. The van der Waals surface area contributed by atoms with Crippen LogP contribution in [-0.4, -0.2) is 109 Å². The first-order chi connectivity index (χ1) is 33.6. The van der Waals surface area contributed by atoms with E-state index in [-0.39, 0.29) is 54.2 Å². The van der Waals surface area contributed by atoms with E-state index in [0.717, 1.165) is 116 Å². The number of halogens is 2. The molecular weight excluding hydrogens is 923 g/mol. The SMILES string of the molecule is CN1CCOc2ccc(N)cc2C1.NCCO.Nc1ccc2c(c1)CNCCO2.O=Cc1cc([N+](=O)[O-])ccc1F.O=[N+]([O-])c1ccc(F)c(CNCCO)c1.O=[N+]([O-])c1ccc2c(c1)CNCCO2. The Labute approximate surface area is 401 Å². The Morgan fingerprint density at radius 1 is 0.686 bits per heavy atom. The van der Waals surface area contributed by atoms with Crippen LogP contribution < -0.4 is 47.4 Å². The van der Waals surface area contributed by atoms with Crippen LogP contribution in [0.5, 0.6) is 17.2 Å². The van der Waals surface area contributed by atoms with E-state index in [1.165, 1.54) is 17.7 Å². The van der Waals surface area contributed by atoms with Gasteiger partial charge in [0.2, 0.25) is 0 Å². The number of carbonyl (C=O) groups excluding carboxylic acids is 1. The monoisotopic (exact) mass is 980 g/mol. The lowest BCUT2D eigenvalue weighted by Crippen LogP contribution is -2.20. The largest absolute Gasteiger partial charge is 0.492 e. The fraction of sp³-hybridized carbons (Fsp3) is 0.326. The minimum atomic E-state index is -0.754. The first-order valence-electron chi connectivity index (χ1n) is 21.6. The zero-order chi connectivity index (χ0) is 51.4. The maximum Gasteiger partial charge on any atom is 0.270 e. The van der Waals surface area contributed by atoms with Crippen LogP contribution in [0.4, 0.5) is 37.2 Å². The lowest BCUT2D eigenvalue weighted by atomic mass is 10.2. The second kappa shape index (κ2) is 30.8. The summed E-state index contributed by atoms with van der Waals surface area (Å²) in [6.45, 7) is 8.01. The number of fused-ring (bicyclic) bond motifs is 3. The highest BCUT2D eigenvalue weighted by atomic mass is 19.1. The van der Waals surface area contributed by atoms with Gasteiger partial charge in [0, 0.05) is 129 Å². The van der Waals surface area contributed by atoms with Gasteiger partial charge in [-0.25, -0.2) is 8.78 Å². The topological polar surface area (TPSA) is 332 Å². The number of aliphatic hydroxyl groups is 2. The molecule has 5 aromatic carbocycles. The van der Waals surface area contributed by atoms with Crippen molar-refractivity contribution < 1.29 is 52.8 Å². The van der Waals surface area contributed by atoms with Gasteiger partial charge in [0.15, 0.2) is 6.29 Å². The molecule has 0 aliphatic carbocycles. The minimum absolute atomic E-state index is 0.0590. The number of aliphatic hydroxyl groups excluding tert-OH is 2. The number of nitrogens with one attached hydrogen (secondary N) is 3. The molecule has 0 amide bonds. The summed E-state index contributed by atoms with van der Waals surface area (Å²) in [5, 5.41) is 56.4. The molecular formula is C46H58F2N10O12. The van der Waals surface area contributed by atoms with Gasteiger partial charge in [-0.05, 0) is 61.6 Å². The summed E-state index contributed by atoms with van der Waals surface area (Å²) in [5.74, 6) is 1.41. The van der Waals surface area contributed by atoms with Gasteiger partial charge in [0.25, 0.3) is 17.1 Å². The Kier molecular flexibility index (Phi) is 25.1. The molecule has 11 N–H and O–H groups in total. The zero-order valence-corrected chi connectivity index (χ0v) is 38.4. The van der Waals surface area contributed by atoms with Gasteiger partial charge in [-0.3, -0.25) is 40.0 Å². The number of aldehydes is 1. The Balaban J connectivity index is 0.000000227. The van der Waals surface area contributed by atoms with Gasteiger partial charge in [-0.1, -0.05) is 0 Å². The average Bonchev–Trinajstić information content (AvgIpc) is 3.82. The lowest BCUT2D eigenvalue weighted by molar-refractivity contribution is -0.385. The van der Waals surface area contributed by atoms with Crippen molar-refractivity contribution in [2.45, 2.75) is 26.2 Å². The van der Waals surface area contributed by atoms with E-state index >= 15 is 0 Å². The maximum absolute atomic E-state index is 13.1. The highest BCUT2D eigenvalue weighted by molar-refractivity contribution is 5.76. The predicted molar refractivity (Wildman–Crippen MR) is 257 cm³/mol. The molecule has 0 spiro atoms. The van der Waals surface area contributed by atoms with E-state index in [1.54, 1.807) is 12.1 Å². The van der Waals surface area contributed by atoms with Gasteiger partial charge in [-0.2, -0.15) is 0 Å². The summed E-state index contributed by atoms with van der Waals surface area (Å²) in [6, 6.07) is 22.4. The van der Waals surface area contributed by atoms with Crippen LogP contribution in [0.25, 0.3) is 0 Å². The molecule has 0 bridgehead atoms. The Morgan fingerprint density at radius 2 is 1.16 bits per heavy atom. The molecule has 3 heterocycles. The number of hydrogen-bond donors (Lipinski definition) is 8. The highest BCUT2D eigenvalue weighted by Crippen LogP contribution is 2.26. The van der Waals surface area contributed by atoms with Crippen LogP contribution >= 0.6 is 0 Å². The predicted octanol–water partition coefficient (Wildman–Crippen LogP) is 4.22. The number of hydrogen-bond acceptors (Lipinski definition) is 19. The van der Waals surface area contributed by atoms with Crippen LogP contribution in [0.3, 0.4) is 0 Å². The summed E-state index contributed by atoms with van der Waals surface area (Å²) in [6.07, 6.45) is 0.238. The molecule has 0 saturated carbocycles. The number of nitro benzene ring substituents is 3. The molecule has 0 atom stereocenters. The molecule has 0 radical (unpaired) electrons. The van der Waals surface area contributed by atoms with Gasteiger partial charge in [-0.15, -0.1) is 0 Å². The van der Waals surface area contributed by atoms with Gasteiger partial charge < -0.3 is 57.6 Å². The van der Waals surface area contributed by atoms with Crippen molar-refractivity contribution in [1.82, 2.24) is 20.9 Å². The number of rotatable bonds is 9. The number of anilines is 2. The molecule has 3 aliphatic heterocycles. The van der Waals surface area contributed by atoms with E-state index in [0.29, 0.717) is 26.2 Å². The summed E-state index contributed by atoms with van der Waals surface area (Å²) in [7, 11) is 2.08. The number of nitrogens with zero attached hydrogens (tertiary/aromatic N) is 4. The van der Waals surface area contributed by atoms with Gasteiger partial charge in [0.05, 0.1) is 33.5 Å².